The average Bonchev–Trinajstić information content (AvgIpc) is 2.38. The number of halogens is 1. The maximum absolute atomic E-state index is 12.7. The van der Waals surface area contributed by atoms with Gasteiger partial charge in [0.2, 0.25) is 0 Å². The molecule has 2 nitrogen and oxygen atoms in total. The van der Waals surface area contributed by atoms with Crippen LogP contribution in [0.1, 0.15) is 25.8 Å². The standard InChI is InChI=1S/C15H21FO2S/c1-11(2)4-9-15(14(17)10-16)19(18)13-7-5-12(3)6-8-13/h4-8,14-15,17H,9-10H2,1-3H3/t14-,15+,19?/m1/s1. The van der Waals surface area contributed by atoms with Gasteiger partial charge in [0, 0.05) is 4.90 Å². The van der Waals surface area contributed by atoms with Crippen molar-refractivity contribution >= 4 is 10.8 Å². The molecule has 0 bridgehead atoms. The molecule has 0 saturated carbocycles. The van der Waals surface area contributed by atoms with E-state index in [0.29, 0.717) is 11.3 Å². The number of aliphatic hydroxyl groups is 1. The summed E-state index contributed by atoms with van der Waals surface area (Å²) in [5.41, 5.74) is 2.14. The lowest BCUT2D eigenvalue weighted by atomic mass is 10.1. The van der Waals surface area contributed by atoms with Gasteiger partial charge in [0.15, 0.2) is 0 Å². The van der Waals surface area contributed by atoms with Crippen LogP contribution in [0.5, 0.6) is 0 Å². The van der Waals surface area contributed by atoms with Crippen LogP contribution >= 0.6 is 0 Å². The van der Waals surface area contributed by atoms with Gasteiger partial charge in [-0.1, -0.05) is 29.3 Å². The Kier molecular flexibility index (Phi) is 6.38. The monoisotopic (exact) mass is 284 g/mol. The largest absolute Gasteiger partial charge is 0.389 e. The highest BCUT2D eigenvalue weighted by Crippen LogP contribution is 2.19. The minimum Gasteiger partial charge on any atom is -0.389 e. The highest BCUT2D eigenvalue weighted by Gasteiger charge is 2.25. The summed E-state index contributed by atoms with van der Waals surface area (Å²) < 4.78 is 25.1. The molecular formula is C15H21FO2S. The van der Waals surface area contributed by atoms with E-state index in [4.69, 9.17) is 0 Å². The number of hydrogen-bond donors (Lipinski definition) is 1. The first-order valence-electron chi connectivity index (χ1n) is 6.30. The van der Waals surface area contributed by atoms with Gasteiger partial charge in [-0.15, -0.1) is 0 Å². The molecule has 3 atom stereocenters. The van der Waals surface area contributed by atoms with Gasteiger partial charge in [0.05, 0.1) is 22.2 Å². The summed E-state index contributed by atoms with van der Waals surface area (Å²) in [7, 11) is -1.41. The number of aryl methyl sites for hydroxylation is 1. The number of rotatable bonds is 6. The van der Waals surface area contributed by atoms with E-state index in [1.54, 1.807) is 12.1 Å². The summed E-state index contributed by atoms with van der Waals surface area (Å²) in [6.45, 7) is 4.92. The molecule has 0 amide bonds. The zero-order chi connectivity index (χ0) is 14.4. The van der Waals surface area contributed by atoms with E-state index < -0.39 is 28.8 Å². The molecule has 1 aromatic carbocycles. The van der Waals surface area contributed by atoms with Crippen molar-refractivity contribution in [3.05, 3.63) is 41.5 Å². The summed E-state index contributed by atoms with van der Waals surface area (Å²) in [6, 6.07) is 7.28. The van der Waals surface area contributed by atoms with Crippen LogP contribution in [-0.4, -0.2) is 27.3 Å². The lowest BCUT2D eigenvalue weighted by Crippen LogP contribution is -2.31. The molecular weight excluding hydrogens is 263 g/mol. The van der Waals surface area contributed by atoms with Crippen LogP contribution in [0.15, 0.2) is 40.8 Å². The molecule has 0 heterocycles. The molecule has 1 aromatic rings. The third-order valence-corrected chi connectivity index (χ3v) is 4.67. The van der Waals surface area contributed by atoms with Crippen molar-refractivity contribution in [2.24, 2.45) is 0 Å². The van der Waals surface area contributed by atoms with Crippen molar-refractivity contribution < 1.29 is 13.7 Å². The highest BCUT2D eigenvalue weighted by molar-refractivity contribution is 7.85. The second-order valence-electron chi connectivity index (χ2n) is 4.89. The quantitative estimate of drug-likeness (QED) is 0.815. The zero-order valence-electron chi connectivity index (χ0n) is 11.6. The molecule has 4 heteroatoms. The Hall–Kier alpha value is -1.00. The Balaban J connectivity index is 2.93. The first-order chi connectivity index (χ1) is 8.95. The first kappa shape index (κ1) is 16.1. The molecule has 1 unspecified atom stereocenters. The lowest BCUT2D eigenvalue weighted by Gasteiger charge is -2.19. The molecule has 0 fully saturated rings. The SMILES string of the molecule is CC(C)=CC[C@@H]([C@H](O)CF)S(=O)c1ccc(C)cc1. The van der Waals surface area contributed by atoms with Crippen LogP contribution in [0.25, 0.3) is 0 Å². The van der Waals surface area contributed by atoms with Gasteiger partial charge < -0.3 is 5.11 Å². The van der Waals surface area contributed by atoms with Gasteiger partial charge in [-0.2, -0.15) is 0 Å². The van der Waals surface area contributed by atoms with Crippen molar-refractivity contribution in [3.63, 3.8) is 0 Å². The summed E-state index contributed by atoms with van der Waals surface area (Å²) >= 11 is 0. The second kappa shape index (κ2) is 7.56. The summed E-state index contributed by atoms with van der Waals surface area (Å²) in [5.74, 6) is 0. The predicted molar refractivity (Wildman–Crippen MR) is 77.4 cm³/mol. The normalized spacial score (nSPS) is 15.6. The third-order valence-electron chi connectivity index (χ3n) is 2.87. The van der Waals surface area contributed by atoms with Gasteiger partial charge in [-0.05, 0) is 39.3 Å². The van der Waals surface area contributed by atoms with Crippen LogP contribution in [0, 0.1) is 6.92 Å². The highest BCUT2D eigenvalue weighted by atomic mass is 32.2. The number of allylic oxidation sites excluding steroid dienone is 2. The van der Waals surface area contributed by atoms with Crippen LogP contribution in [0.4, 0.5) is 4.39 Å². The van der Waals surface area contributed by atoms with Gasteiger partial charge in [0.1, 0.15) is 6.67 Å². The fourth-order valence-corrected chi connectivity index (χ4v) is 3.07. The zero-order valence-corrected chi connectivity index (χ0v) is 12.4. The number of benzene rings is 1. The molecule has 0 aliphatic carbocycles. The van der Waals surface area contributed by atoms with Crippen LogP contribution in [0.3, 0.4) is 0 Å². The molecule has 0 spiro atoms. The smallest absolute Gasteiger partial charge is 0.116 e. The summed E-state index contributed by atoms with van der Waals surface area (Å²) in [6.07, 6.45) is 1.10. The van der Waals surface area contributed by atoms with Crippen LogP contribution in [-0.2, 0) is 10.8 Å². The van der Waals surface area contributed by atoms with Crippen LogP contribution < -0.4 is 0 Å². The van der Waals surface area contributed by atoms with Crippen LogP contribution in [0.2, 0.25) is 0 Å². The number of hydrogen-bond acceptors (Lipinski definition) is 2. The van der Waals surface area contributed by atoms with Crippen molar-refractivity contribution in [1.82, 2.24) is 0 Å². The lowest BCUT2D eigenvalue weighted by molar-refractivity contribution is 0.136. The molecule has 0 aromatic heterocycles. The fraction of sp³-hybridized carbons (Fsp3) is 0.467. The Bertz CT molecular complexity index is 450. The maximum atomic E-state index is 12.7. The second-order valence-corrected chi connectivity index (χ2v) is 6.56. The van der Waals surface area contributed by atoms with E-state index in [0.717, 1.165) is 11.1 Å². The van der Waals surface area contributed by atoms with E-state index >= 15 is 0 Å². The molecule has 106 valence electrons. The third kappa shape index (κ3) is 4.88. The molecule has 19 heavy (non-hydrogen) atoms. The van der Waals surface area contributed by atoms with Crippen molar-refractivity contribution in [2.45, 2.75) is 43.4 Å². The van der Waals surface area contributed by atoms with Gasteiger partial charge in [-0.3, -0.25) is 4.21 Å². The topological polar surface area (TPSA) is 37.3 Å². The van der Waals surface area contributed by atoms with Gasteiger partial charge in [-0.25, -0.2) is 4.39 Å². The minimum absolute atomic E-state index is 0.411. The van der Waals surface area contributed by atoms with Gasteiger partial charge in [0.25, 0.3) is 0 Å². The predicted octanol–water partition coefficient (Wildman–Crippen LogP) is 3.16. The van der Waals surface area contributed by atoms with Crippen molar-refractivity contribution in [3.8, 4) is 0 Å². The minimum atomic E-state index is -1.41. The molecule has 1 rings (SSSR count). The number of aliphatic hydroxyl groups excluding tert-OH is 1. The first-order valence-corrected chi connectivity index (χ1v) is 7.51. The van der Waals surface area contributed by atoms with E-state index in [1.807, 2.05) is 39.0 Å². The van der Waals surface area contributed by atoms with Crippen molar-refractivity contribution in [1.29, 1.82) is 0 Å². The van der Waals surface area contributed by atoms with E-state index in [-0.39, 0.29) is 0 Å². The van der Waals surface area contributed by atoms with Crippen molar-refractivity contribution in [2.75, 3.05) is 6.67 Å². The Morgan fingerprint density at radius 1 is 1.37 bits per heavy atom. The Labute approximate surface area is 116 Å². The van der Waals surface area contributed by atoms with E-state index in [9.17, 15) is 13.7 Å². The average molecular weight is 284 g/mol. The van der Waals surface area contributed by atoms with E-state index in [2.05, 4.69) is 0 Å². The van der Waals surface area contributed by atoms with Gasteiger partial charge >= 0.3 is 0 Å². The number of alkyl halides is 1. The maximum Gasteiger partial charge on any atom is 0.116 e. The van der Waals surface area contributed by atoms with E-state index in [1.165, 1.54) is 0 Å². The summed E-state index contributed by atoms with van der Waals surface area (Å²) in [4.78, 5) is 0.630. The molecule has 0 radical (unpaired) electrons. The Morgan fingerprint density at radius 2 is 1.95 bits per heavy atom. The molecule has 1 N–H and O–H groups in total. The molecule has 0 saturated heterocycles. The molecule has 0 aliphatic rings. The molecule has 0 aliphatic heterocycles. The fourth-order valence-electron chi connectivity index (χ4n) is 1.69. The Morgan fingerprint density at radius 3 is 2.42 bits per heavy atom. The summed E-state index contributed by atoms with van der Waals surface area (Å²) in [5, 5.41) is 9.11.